The quantitative estimate of drug-likeness (QED) is 0.764. The van der Waals surface area contributed by atoms with Gasteiger partial charge in [-0.1, -0.05) is 46.0 Å². The molecule has 0 radical (unpaired) electrons. The molecule has 7 heteroatoms. The second kappa shape index (κ2) is 10.1. The minimum Gasteiger partial charge on any atom is -0.495 e. The molecule has 1 aliphatic rings. The van der Waals surface area contributed by atoms with E-state index in [2.05, 4.69) is 5.32 Å². The number of methoxy groups -OCH3 is 1. The maximum atomic E-state index is 12.9. The van der Waals surface area contributed by atoms with E-state index in [4.69, 9.17) is 4.74 Å². The molecule has 0 saturated heterocycles. The van der Waals surface area contributed by atoms with Crippen LogP contribution < -0.4 is 10.1 Å². The molecule has 27 heavy (non-hydrogen) atoms. The lowest BCUT2D eigenvalue weighted by Crippen LogP contribution is -2.35. The number of hydrogen-bond donors (Lipinski definition) is 1. The Kier molecular flexibility index (Phi) is 8.10. The Morgan fingerprint density at radius 1 is 1.11 bits per heavy atom. The fourth-order valence-corrected chi connectivity index (χ4v) is 5.23. The van der Waals surface area contributed by atoms with Crippen LogP contribution in [0.3, 0.4) is 0 Å². The van der Waals surface area contributed by atoms with Crippen LogP contribution in [0, 0.1) is 0 Å². The van der Waals surface area contributed by atoms with Gasteiger partial charge in [0.25, 0.3) is 5.91 Å². The van der Waals surface area contributed by atoms with E-state index in [1.54, 1.807) is 26.0 Å². The summed E-state index contributed by atoms with van der Waals surface area (Å²) in [7, 11) is -2.28. The largest absolute Gasteiger partial charge is 0.495 e. The van der Waals surface area contributed by atoms with Gasteiger partial charge in [-0.05, 0) is 31.0 Å². The molecule has 1 N–H and O–H groups in total. The molecular weight excluding hydrogens is 364 g/mol. The number of sulfonamides is 1. The Labute approximate surface area is 163 Å². The van der Waals surface area contributed by atoms with Crippen LogP contribution in [0.5, 0.6) is 5.75 Å². The highest BCUT2D eigenvalue weighted by Crippen LogP contribution is 2.28. The van der Waals surface area contributed by atoms with Gasteiger partial charge in [0.1, 0.15) is 10.6 Å². The molecule has 1 aliphatic carbocycles. The highest BCUT2D eigenvalue weighted by molar-refractivity contribution is 7.89. The Morgan fingerprint density at radius 3 is 2.26 bits per heavy atom. The third-order valence-electron chi connectivity index (χ3n) is 5.19. The molecule has 0 aliphatic heterocycles. The van der Waals surface area contributed by atoms with E-state index < -0.39 is 10.0 Å². The Morgan fingerprint density at radius 2 is 1.70 bits per heavy atom. The molecule has 1 aromatic rings. The molecule has 1 saturated carbocycles. The van der Waals surface area contributed by atoms with Crippen LogP contribution >= 0.6 is 0 Å². The molecule has 2 rings (SSSR count). The molecule has 0 atom stereocenters. The first-order valence-electron chi connectivity index (χ1n) is 9.93. The van der Waals surface area contributed by atoms with Crippen molar-refractivity contribution >= 4 is 15.9 Å². The van der Waals surface area contributed by atoms with Gasteiger partial charge in [-0.25, -0.2) is 8.42 Å². The van der Waals surface area contributed by atoms with Crippen molar-refractivity contribution in [3.05, 3.63) is 23.8 Å². The van der Waals surface area contributed by atoms with E-state index in [0.717, 1.165) is 25.7 Å². The summed E-state index contributed by atoms with van der Waals surface area (Å²) in [6.45, 7) is 4.30. The zero-order valence-corrected chi connectivity index (χ0v) is 17.5. The molecule has 1 amide bonds. The van der Waals surface area contributed by atoms with Crippen LogP contribution in [0.2, 0.25) is 0 Å². The molecule has 0 bridgehead atoms. The van der Waals surface area contributed by atoms with Gasteiger partial charge in [0.05, 0.1) is 7.11 Å². The van der Waals surface area contributed by atoms with Gasteiger partial charge < -0.3 is 10.1 Å². The number of benzene rings is 1. The van der Waals surface area contributed by atoms with Crippen LogP contribution in [-0.4, -0.2) is 44.9 Å². The van der Waals surface area contributed by atoms with Crippen molar-refractivity contribution in [1.29, 1.82) is 0 Å². The maximum Gasteiger partial charge on any atom is 0.251 e. The van der Waals surface area contributed by atoms with E-state index in [-0.39, 0.29) is 22.6 Å². The van der Waals surface area contributed by atoms with Crippen molar-refractivity contribution in [1.82, 2.24) is 9.62 Å². The zero-order valence-electron chi connectivity index (χ0n) is 16.7. The smallest absolute Gasteiger partial charge is 0.251 e. The van der Waals surface area contributed by atoms with Crippen molar-refractivity contribution in [2.24, 2.45) is 0 Å². The van der Waals surface area contributed by atoms with Crippen LogP contribution in [0.15, 0.2) is 23.1 Å². The lowest BCUT2D eigenvalue weighted by atomic mass is 9.96. The third-order valence-corrected chi connectivity index (χ3v) is 7.26. The third kappa shape index (κ3) is 5.45. The predicted octanol–water partition coefficient (Wildman–Crippen LogP) is 3.57. The fraction of sp³-hybridized carbons (Fsp3) is 0.650. The molecule has 0 aromatic heterocycles. The van der Waals surface area contributed by atoms with Crippen molar-refractivity contribution in [2.45, 2.75) is 69.7 Å². The summed E-state index contributed by atoms with van der Waals surface area (Å²) < 4.78 is 32.5. The maximum absolute atomic E-state index is 12.9. The van der Waals surface area contributed by atoms with Gasteiger partial charge in [-0.2, -0.15) is 4.31 Å². The van der Waals surface area contributed by atoms with E-state index in [9.17, 15) is 13.2 Å². The minimum absolute atomic E-state index is 0.0408. The predicted molar refractivity (Wildman–Crippen MR) is 107 cm³/mol. The van der Waals surface area contributed by atoms with Gasteiger partial charge in [-0.15, -0.1) is 0 Å². The minimum atomic E-state index is -3.72. The normalized spacial score (nSPS) is 16.6. The summed E-state index contributed by atoms with van der Waals surface area (Å²) in [6.07, 6.45) is 7.89. The summed E-state index contributed by atoms with van der Waals surface area (Å²) in [5.74, 6) is 0.0311. The van der Waals surface area contributed by atoms with Gasteiger partial charge in [0.15, 0.2) is 0 Å². The van der Waals surface area contributed by atoms with Gasteiger partial charge in [0, 0.05) is 24.7 Å². The zero-order chi connectivity index (χ0) is 19.9. The highest BCUT2D eigenvalue weighted by Gasteiger charge is 2.27. The summed E-state index contributed by atoms with van der Waals surface area (Å²) in [6, 6.07) is 4.77. The van der Waals surface area contributed by atoms with Crippen molar-refractivity contribution in [3.8, 4) is 5.75 Å². The van der Waals surface area contributed by atoms with Gasteiger partial charge in [0.2, 0.25) is 10.0 Å². The number of ether oxygens (including phenoxy) is 1. The van der Waals surface area contributed by atoms with Crippen LogP contribution in [0.25, 0.3) is 0 Å². The lowest BCUT2D eigenvalue weighted by molar-refractivity contribution is 0.0930. The number of amides is 1. The number of nitrogens with one attached hydrogen (secondary N) is 1. The Bertz CT molecular complexity index is 721. The number of carbonyl (C=O) groups is 1. The van der Waals surface area contributed by atoms with Gasteiger partial charge in [-0.3, -0.25) is 4.79 Å². The average molecular weight is 397 g/mol. The number of rotatable bonds is 7. The highest BCUT2D eigenvalue weighted by atomic mass is 32.2. The average Bonchev–Trinajstić information content (AvgIpc) is 2.64. The van der Waals surface area contributed by atoms with Crippen LogP contribution in [0.1, 0.15) is 69.2 Å². The first-order valence-corrected chi connectivity index (χ1v) is 11.4. The van der Waals surface area contributed by atoms with Gasteiger partial charge >= 0.3 is 0 Å². The SMILES string of the molecule is CCN(CC)S(=O)(=O)c1cc(C(=O)NC2CCCCCCC2)ccc1OC. The molecule has 152 valence electrons. The Hall–Kier alpha value is -1.60. The molecule has 6 nitrogen and oxygen atoms in total. The van der Waals surface area contributed by atoms with E-state index in [0.29, 0.717) is 18.7 Å². The molecular formula is C20H32N2O4S. The van der Waals surface area contributed by atoms with Crippen molar-refractivity contribution < 1.29 is 17.9 Å². The topological polar surface area (TPSA) is 75.7 Å². The fourth-order valence-electron chi connectivity index (χ4n) is 3.59. The first kappa shape index (κ1) is 21.7. The summed E-state index contributed by atoms with van der Waals surface area (Å²) in [4.78, 5) is 12.8. The van der Waals surface area contributed by atoms with E-state index >= 15 is 0 Å². The summed E-state index contributed by atoms with van der Waals surface area (Å²) in [5.41, 5.74) is 0.351. The second-order valence-corrected chi connectivity index (χ2v) is 8.88. The van der Waals surface area contributed by atoms with Crippen LogP contribution in [0.4, 0.5) is 0 Å². The lowest BCUT2D eigenvalue weighted by Gasteiger charge is -2.22. The molecule has 0 spiro atoms. The number of nitrogens with zero attached hydrogens (tertiary/aromatic N) is 1. The van der Waals surface area contributed by atoms with E-state index in [1.807, 2.05) is 0 Å². The molecule has 1 fully saturated rings. The molecule has 0 unspecified atom stereocenters. The standard InChI is InChI=1S/C20H32N2O4S/c1-4-22(5-2)27(24,25)19-15-16(13-14-18(19)26-3)20(23)21-17-11-9-7-6-8-10-12-17/h13-15,17H,4-12H2,1-3H3,(H,21,23). The monoisotopic (exact) mass is 396 g/mol. The summed E-state index contributed by atoms with van der Waals surface area (Å²) in [5, 5.41) is 3.09. The molecule has 1 aromatic carbocycles. The first-order chi connectivity index (χ1) is 12.9. The van der Waals surface area contributed by atoms with Crippen LogP contribution in [-0.2, 0) is 10.0 Å². The van der Waals surface area contributed by atoms with E-state index in [1.165, 1.54) is 36.7 Å². The number of carbonyl (C=O) groups excluding carboxylic acids is 1. The Balaban J connectivity index is 2.26. The van der Waals surface area contributed by atoms with Crippen molar-refractivity contribution in [2.75, 3.05) is 20.2 Å². The second-order valence-electron chi connectivity index (χ2n) is 6.97. The molecule has 0 heterocycles. The summed E-state index contributed by atoms with van der Waals surface area (Å²) >= 11 is 0. The number of hydrogen-bond acceptors (Lipinski definition) is 4. The van der Waals surface area contributed by atoms with Crippen molar-refractivity contribution in [3.63, 3.8) is 0 Å².